The molecule has 3 N–H and O–H groups in total. The number of aryl methyl sites for hydroxylation is 3. The number of benzene rings is 3. The summed E-state index contributed by atoms with van der Waals surface area (Å²) in [4.78, 5) is 54.2. The summed E-state index contributed by atoms with van der Waals surface area (Å²) >= 11 is 9.46. The number of β-amino-alcohol motifs (C(OH)–C–C–N with tert-alkyl or cyclic N) is 1. The van der Waals surface area contributed by atoms with E-state index in [1.807, 2.05) is 124 Å². The summed E-state index contributed by atoms with van der Waals surface area (Å²) in [5, 5.41) is 34.4. The number of carbonyl (C=O) groups excluding carboxylic acids is 3. The average molecular weight is 1010 g/mol. The Hall–Kier alpha value is -6.53. The van der Waals surface area contributed by atoms with E-state index < -0.39 is 24.2 Å². The van der Waals surface area contributed by atoms with Crippen LogP contribution in [0.5, 0.6) is 5.75 Å². The predicted molar refractivity (Wildman–Crippen MR) is 275 cm³/mol. The summed E-state index contributed by atoms with van der Waals surface area (Å²) in [6.07, 6.45) is 4.18. The minimum atomic E-state index is -0.833. The number of hydrogen-bond donors (Lipinski definition) is 3. The minimum Gasteiger partial charge on any atom is -0.490 e. The van der Waals surface area contributed by atoms with Crippen molar-refractivity contribution in [2.75, 3.05) is 6.54 Å². The molecular weight excluding hydrogens is 956 g/mol. The number of thiazole rings is 1. The third-order valence-electron chi connectivity index (χ3n) is 13.7. The van der Waals surface area contributed by atoms with E-state index in [1.54, 1.807) is 33.6 Å². The second-order valence-electron chi connectivity index (χ2n) is 19.2. The lowest BCUT2D eigenvalue weighted by Gasteiger charge is -2.36. The number of fused-ring (bicyclic) bond motifs is 3. The molecule has 1 saturated carbocycles. The molecule has 0 bridgehead atoms. The van der Waals surface area contributed by atoms with E-state index in [-0.39, 0.29) is 61.2 Å². The van der Waals surface area contributed by atoms with Crippen LogP contribution < -0.4 is 15.4 Å². The van der Waals surface area contributed by atoms with Gasteiger partial charge in [0.1, 0.15) is 40.8 Å². The largest absolute Gasteiger partial charge is 0.490 e. The van der Waals surface area contributed by atoms with E-state index in [2.05, 4.69) is 43.2 Å². The van der Waals surface area contributed by atoms with Gasteiger partial charge in [0.05, 0.1) is 46.6 Å². The van der Waals surface area contributed by atoms with Crippen molar-refractivity contribution in [1.82, 2.24) is 45.1 Å². The number of nitrogens with one attached hydrogen (secondary N) is 2. The van der Waals surface area contributed by atoms with Crippen LogP contribution in [0.25, 0.3) is 26.6 Å². The van der Waals surface area contributed by atoms with E-state index in [0.717, 1.165) is 66.1 Å². The van der Waals surface area contributed by atoms with Crippen LogP contribution in [0.3, 0.4) is 0 Å². The molecule has 1 aliphatic carbocycles. The molecule has 3 amide bonds. The molecule has 7 aromatic rings. The van der Waals surface area contributed by atoms with Gasteiger partial charge in [0.15, 0.2) is 5.82 Å². The highest BCUT2D eigenvalue weighted by molar-refractivity contribution is 7.13. The number of rotatable bonds is 14. The Balaban J connectivity index is 0.759. The fourth-order valence-electron chi connectivity index (χ4n) is 9.87. The highest BCUT2D eigenvalue weighted by Crippen LogP contribution is 2.39. The summed E-state index contributed by atoms with van der Waals surface area (Å²) in [6.45, 7) is 11.8. The number of halogens is 1. The first kappa shape index (κ1) is 48.1. The Bertz CT molecular complexity index is 3130. The first-order chi connectivity index (χ1) is 34.2. The van der Waals surface area contributed by atoms with E-state index in [0.29, 0.717) is 29.4 Å². The predicted octanol–water partition coefficient (Wildman–Crippen LogP) is 8.94. The lowest BCUT2D eigenvalue weighted by atomic mass is 9.89. The van der Waals surface area contributed by atoms with Crippen molar-refractivity contribution >= 4 is 57.7 Å². The van der Waals surface area contributed by atoms with Gasteiger partial charge in [-0.3, -0.25) is 28.6 Å². The van der Waals surface area contributed by atoms with Crippen molar-refractivity contribution in [2.24, 2.45) is 10.9 Å². The molecule has 1 unspecified atom stereocenters. The van der Waals surface area contributed by atoms with Crippen molar-refractivity contribution in [3.63, 3.8) is 0 Å². The maximum atomic E-state index is 14.4. The van der Waals surface area contributed by atoms with Crippen LogP contribution in [0.1, 0.15) is 104 Å². The topological polar surface area (TPSA) is 182 Å². The number of nitrogens with zero attached hydrogens (tertiary/aromatic N) is 8. The van der Waals surface area contributed by atoms with Crippen LogP contribution in [0.4, 0.5) is 0 Å². The van der Waals surface area contributed by atoms with E-state index in [1.165, 1.54) is 4.90 Å². The fraction of sp³-hybridized carbons (Fsp3) is 0.358. The summed E-state index contributed by atoms with van der Waals surface area (Å²) in [5.41, 5.74) is 10.2. The van der Waals surface area contributed by atoms with Crippen LogP contribution in [0, 0.1) is 26.7 Å². The van der Waals surface area contributed by atoms with E-state index in [4.69, 9.17) is 21.3 Å². The molecule has 15 nitrogen and oxygen atoms in total. The fourth-order valence-corrected chi connectivity index (χ4v) is 11.9. The molecule has 4 aromatic heterocycles. The highest BCUT2D eigenvalue weighted by atomic mass is 35.5. The maximum absolute atomic E-state index is 14.4. The number of aliphatic hydroxyl groups excluding tert-OH is 1. The van der Waals surface area contributed by atoms with Gasteiger partial charge in [-0.15, -0.1) is 32.9 Å². The van der Waals surface area contributed by atoms with Crippen molar-refractivity contribution in [3.05, 3.63) is 141 Å². The molecule has 2 aliphatic heterocycles. The number of aromatic nitrogens is 6. The Labute approximate surface area is 425 Å². The second-order valence-corrected chi connectivity index (χ2v) is 21.3. The van der Waals surface area contributed by atoms with Crippen LogP contribution in [-0.2, 0) is 14.4 Å². The van der Waals surface area contributed by atoms with Crippen molar-refractivity contribution in [3.8, 4) is 32.3 Å². The molecular formula is C53H55ClN10O5S2. The quantitative estimate of drug-likeness (QED) is 0.0958. The van der Waals surface area contributed by atoms with Gasteiger partial charge >= 0.3 is 0 Å². The number of likely N-dealkylation sites (tertiary alicyclic amines) is 1. The molecule has 0 radical (unpaired) electrons. The van der Waals surface area contributed by atoms with Gasteiger partial charge in [0, 0.05) is 59.8 Å². The third-order valence-corrected chi connectivity index (χ3v) is 16.0. The molecule has 10 rings (SSSR count). The first-order valence-electron chi connectivity index (χ1n) is 23.9. The number of amides is 3. The van der Waals surface area contributed by atoms with Gasteiger partial charge in [-0.2, -0.15) is 5.10 Å². The van der Waals surface area contributed by atoms with Gasteiger partial charge < -0.3 is 25.4 Å². The van der Waals surface area contributed by atoms with Gasteiger partial charge in [0.2, 0.25) is 17.7 Å². The van der Waals surface area contributed by atoms with Gasteiger partial charge in [-0.1, -0.05) is 74.0 Å². The van der Waals surface area contributed by atoms with Crippen LogP contribution in [0.15, 0.2) is 101 Å². The molecule has 3 aromatic carbocycles. The van der Waals surface area contributed by atoms with Gasteiger partial charge in [0.25, 0.3) is 0 Å². The smallest absolute Gasteiger partial charge is 0.248 e. The molecule has 2 fully saturated rings. The van der Waals surface area contributed by atoms with Gasteiger partial charge in [-0.25, -0.2) is 4.98 Å². The van der Waals surface area contributed by atoms with Crippen molar-refractivity contribution in [2.45, 2.75) is 110 Å². The summed E-state index contributed by atoms with van der Waals surface area (Å²) in [6, 6.07) is 20.9. The Morgan fingerprint density at radius 1 is 0.915 bits per heavy atom. The average Bonchev–Trinajstić information content (AvgIpc) is 4.19. The molecule has 18 heteroatoms. The standard InChI is InChI=1S/C53H55ClN10O5S2/c1-28(2)48(52(68)62-25-40(65)21-44(62)51(67)57-30(4)33-10-12-35(13-11-33)49-31(5)55-27-71-49)63-24-37(23-56-63)36-8-7-9-41(18-36)69-42-19-39(20-42)58-45(66)22-43-50-61-60-32(6)64(50)53-46(29(3)26-70-53)47(59-43)34-14-16-38(54)17-15-34/h7-18,23-24,26-28,30,39-40,42-44,48,65H,19-22,25H2,1-6H3,(H,57,67)(H,58,66)/t30-,39?,40+,42?,43-,44-,48?/m0/s1. The summed E-state index contributed by atoms with van der Waals surface area (Å²) in [5.74, 6) is 1.15. The SMILES string of the molecule is Cc1csc2c1C(c1ccc(Cl)cc1)=N[C@@H](CC(=O)NC1CC(Oc3cccc(-c4cnn(C(C(=O)N5C[C@H](O)C[C@H]5C(=O)N[C@@H](C)c5ccc(-c6scnc6C)cc5)C(C)C)c4)c3)C1)c1nnc(C)n1-2. The maximum Gasteiger partial charge on any atom is 0.248 e. The molecule has 366 valence electrons. The lowest BCUT2D eigenvalue weighted by molar-refractivity contribution is -0.142. The molecule has 6 heterocycles. The zero-order valence-corrected chi connectivity index (χ0v) is 42.6. The van der Waals surface area contributed by atoms with E-state index in [9.17, 15) is 19.5 Å². The number of thiophene rings is 1. The number of aliphatic imine (C=N–C) groups is 1. The normalized spacial score (nSPS) is 20.3. The first-order valence-corrected chi connectivity index (χ1v) is 26.1. The van der Waals surface area contributed by atoms with Crippen LogP contribution in [-0.4, -0.2) is 93.8 Å². The molecule has 71 heavy (non-hydrogen) atoms. The van der Waals surface area contributed by atoms with Gasteiger partial charge in [-0.05, 0) is 85.5 Å². The van der Waals surface area contributed by atoms with Crippen molar-refractivity contribution < 1.29 is 24.2 Å². The zero-order valence-electron chi connectivity index (χ0n) is 40.2. The number of carbonyl (C=O) groups is 3. The second kappa shape index (κ2) is 19.9. The number of hydrogen-bond acceptors (Lipinski definition) is 12. The Morgan fingerprint density at radius 2 is 1.68 bits per heavy atom. The molecule has 5 atom stereocenters. The minimum absolute atomic E-state index is 0.0532. The summed E-state index contributed by atoms with van der Waals surface area (Å²) < 4.78 is 10.1. The molecule has 1 saturated heterocycles. The van der Waals surface area contributed by atoms with Crippen LogP contribution >= 0.6 is 34.3 Å². The summed E-state index contributed by atoms with van der Waals surface area (Å²) in [7, 11) is 0. The zero-order chi connectivity index (χ0) is 49.7. The highest BCUT2D eigenvalue weighted by Gasteiger charge is 2.43. The lowest BCUT2D eigenvalue weighted by Crippen LogP contribution is -2.49. The Kier molecular flexibility index (Phi) is 13.5. The number of aliphatic hydroxyl groups is 1. The van der Waals surface area contributed by atoms with Crippen LogP contribution in [0.2, 0.25) is 5.02 Å². The monoisotopic (exact) mass is 1010 g/mol. The van der Waals surface area contributed by atoms with E-state index >= 15 is 0 Å². The number of ether oxygens (including phenoxy) is 1. The third kappa shape index (κ3) is 9.80. The molecule has 3 aliphatic rings. The Morgan fingerprint density at radius 3 is 2.41 bits per heavy atom. The molecule has 0 spiro atoms. The van der Waals surface area contributed by atoms with Crippen molar-refractivity contribution in [1.29, 1.82) is 0 Å².